The molecule has 0 bridgehead atoms. The lowest BCUT2D eigenvalue weighted by Gasteiger charge is -2.34. The summed E-state index contributed by atoms with van der Waals surface area (Å²) in [6.45, 7) is 8.71. The minimum absolute atomic E-state index is 0.0863. The van der Waals surface area contributed by atoms with E-state index in [0.29, 0.717) is 72.3 Å². The molecule has 2 aromatic carbocycles. The van der Waals surface area contributed by atoms with Crippen molar-refractivity contribution in [1.82, 2.24) is 35.1 Å². The van der Waals surface area contributed by atoms with E-state index in [1.165, 1.54) is 19.5 Å². The number of likely N-dealkylation sites (tertiary alicyclic amines) is 1. The quantitative estimate of drug-likeness (QED) is 0.251. The third-order valence-electron chi connectivity index (χ3n) is 7.40. The molecule has 1 fully saturated rings. The number of benzene rings is 2. The number of halogens is 1. The molecule has 1 aliphatic heterocycles. The normalized spacial score (nSPS) is 14.3. The van der Waals surface area contributed by atoms with Gasteiger partial charge in [0.1, 0.15) is 41.4 Å². The number of nitrogens with one attached hydrogen (secondary N) is 1. The number of carbonyl (C=O) groups is 1. The molecule has 0 aliphatic carbocycles. The predicted molar refractivity (Wildman–Crippen MR) is 166 cm³/mol. The molecule has 3 heterocycles. The lowest BCUT2D eigenvalue weighted by atomic mass is 9.88. The molecule has 4 aromatic rings. The monoisotopic (exact) mass is 629 g/mol. The number of nitriles is 1. The Hall–Kier alpha value is -5.32. The van der Waals surface area contributed by atoms with E-state index in [9.17, 15) is 10.1 Å². The number of rotatable bonds is 9. The Morgan fingerprint density at radius 2 is 1.87 bits per heavy atom. The topological polar surface area (TPSA) is 153 Å². The van der Waals surface area contributed by atoms with Crippen LogP contribution in [-0.4, -0.2) is 73.1 Å². The highest BCUT2D eigenvalue weighted by Crippen LogP contribution is 2.37. The number of hydrogen-bond donors (Lipinski definition) is 1. The summed E-state index contributed by atoms with van der Waals surface area (Å²) in [5, 5.41) is 23.9. The van der Waals surface area contributed by atoms with E-state index in [0.717, 1.165) is 5.56 Å². The molecule has 0 saturated carbocycles. The van der Waals surface area contributed by atoms with Crippen LogP contribution in [0.1, 0.15) is 57.6 Å². The van der Waals surface area contributed by atoms with Gasteiger partial charge in [0, 0.05) is 37.1 Å². The fraction of sp³-hybridized carbons (Fsp3) is 0.406. The summed E-state index contributed by atoms with van der Waals surface area (Å²) in [5.74, 6) is 0.560. The molecular weight excluding hydrogens is 593 g/mol. The van der Waals surface area contributed by atoms with Crippen molar-refractivity contribution < 1.29 is 23.4 Å². The van der Waals surface area contributed by atoms with Gasteiger partial charge in [-0.3, -0.25) is 0 Å². The lowest BCUT2D eigenvalue weighted by Crippen LogP contribution is -2.41. The third-order valence-corrected chi connectivity index (χ3v) is 7.40. The molecule has 5 rings (SSSR count). The average molecular weight is 630 g/mol. The van der Waals surface area contributed by atoms with Gasteiger partial charge in [0.25, 0.3) is 0 Å². The second kappa shape index (κ2) is 13.8. The molecule has 1 unspecified atom stereocenters. The van der Waals surface area contributed by atoms with Gasteiger partial charge in [-0.1, -0.05) is 6.07 Å². The molecule has 1 saturated heterocycles. The van der Waals surface area contributed by atoms with Gasteiger partial charge < -0.3 is 24.4 Å². The van der Waals surface area contributed by atoms with Gasteiger partial charge in [-0.15, -0.1) is 5.10 Å². The van der Waals surface area contributed by atoms with Gasteiger partial charge in [-0.25, -0.2) is 23.8 Å². The van der Waals surface area contributed by atoms with Crippen LogP contribution < -0.4 is 14.8 Å². The molecule has 0 spiro atoms. The number of amides is 1. The summed E-state index contributed by atoms with van der Waals surface area (Å²) in [4.78, 5) is 23.1. The van der Waals surface area contributed by atoms with Gasteiger partial charge >= 0.3 is 6.09 Å². The van der Waals surface area contributed by atoms with E-state index in [1.807, 2.05) is 27.7 Å². The van der Waals surface area contributed by atoms with Crippen molar-refractivity contribution in [2.45, 2.75) is 64.7 Å². The third kappa shape index (κ3) is 7.84. The van der Waals surface area contributed by atoms with E-state index in [-0.39, 0.29) is 23.9 Å². The Morgan fingerprint density at radius 3 is 2.50 bits per heavy atom. The summed E-state index contributed by atoms with van der Waals surface area (Å²) in [6.07, 6.45) is 5.32. The fourth-order valence-electron chi connectivity index (χ4n) is 5.19. The maximum Gasteiger partial charge on any atom is 0.410 e. The number of anilines is 2. The first-order valence-electron chi connectivity index (χ1n) is 14.9. The molecule has 46 heavy (non-hydrogen) atoms. The summed E-state index contributed by atoms with van der Waals surface area (Å²) < 4.78 is 33.8. The number of nitrogens with zero attached hydrogens (tertiary/aromatic N) is 8. The van der Waals surface area contributed by atoms with Crippen molar-refractivity contribution in [3.05, 3.63) is 66.0 Å². The summed E-state index contributed by atoms with van der Waals surface area (Å²) in [7, 11) is 1.47. The number of methoxy groups -OCH3 is 1. The number of aromatic nitrogens is 6. The van der Waals surface area contributed by atoms with Crippen LogP contribution >= 0.6 is 0 Å². The number of ether oxygens (including phenoxy) is 3. The highest BCUT2D eigenvalue weighted by Gasteiger charge is 2.29. The minimum atomic E-state index is -0.577. The molecule has 1 amide bonds. The van der Waals surface area contributed by atoms with Gasteiger partial charge in [0.2, 0.25) is 5.95 Å². The number of carbonyl (C=O) groups excluding carboxylic acids is 1. The van der Waals surface area contributed by atoms with Crippen LogP contribution in [0, 0.1) is 17.1 Å². The van der Waals surface area contributed by atoms with Crippen LogP contribution in [-0.2, 0) is 11.3 Å². The number of piperidine rings is 1. The van der Waals surface area contributed by atoms with Crippen LogP contribution in [0.3, 0.4) is 0 Å². The summed E-state index contributed by atoms with van der Waals surface area (Å²) >= 11 is 0. The maximum atomic E-state index is 15.2. The van der Waals surface area contributed by atoms with E-state index >= 15 is 4.39 Å². The Labute approximate surface area is 266 Å². The van der Waals surface area contributed by atoms with Crippen molar-refractivity contribution in [1.29, 1.82) is 5.26 Å². The van der Waals surface area contributed by atoms with E-state index < -0.39 is 5.60 Å². The highest BCUT2D eigenvalue weighted by atomic mass is 19.1. The standard InChI is InChI=1S/C32H36FN9O4/c1-20(18-42-19-37-39-40-42)45-28-12-22(6-7-23(28)15-34)24-16-35-30(36-17-24)38-27-13-25(26(33)14-29(27)44-5)21-8-10-41(11-9-21)31(43)46-32(2,3)4/h6-7,12-14,16-17,19-21H,8-11,18H2,1-5H3,(H,35,36,38). The van der Waals surface area contributed by atoms with Crippen LogP contribution in [0.2, 0.25) is 0 Å². The van der Waals surface area contributed by atoms with E-state index in [1.54, 1.807) is 46.2 Å². The summed E-state index contributed by atoms with van der Waals surface area (Å²) in [6, 6.07) is 10.5. The van der Waals surface area contributed by atoms with Crippen molar-refractivity contribution >= 4 is 17.7 Å². The zero-order valence-corrected chi connectivity index (χ0v) is 26.4. The number of tetrazole rings is 1. The average Bonchev–Trinajstić information content (AvgIpc) is 3.54. The molecular formula is C32H36FN9O4. The van der Waals surface area contributed by atoms with Gasteiger partial charge in [-0.2, -0.15) is 5.26 Å². The lowest BCUT2D eigenvalue weighted by molar-refractivity contribution is 0.0204. The predicted octanol–water partition coefficient (Wildman–Crippen LogP) is 5.48. The summed E-state index contributed by atoms with van der Waals surface area (Å²) in [5.41, 5.74) is 2.33. The smallest absolute Gasteiger partial charge is 0.410 e. The zero-order valence-electron chi connectivity index (χ0n) is 26.4. The maximum absolute atomic E-state index is 15.2. The SMILES string of the molecule is COc1cc(F)c(C2CCN(C(=O)OC(C)(C)C)CC2)cc1Nc1ncc(-c2ccc(C#N)c(OC(C)Cn3cnnn3)c2)cn1. The Morgan fingerprint density at radius 1 is 1.13 bits per heavy atom. The Kier molecular flexibility index (Phi) is 9.60. The highest BCUT2D eigenvalue weighted by molar-refractivity contribution is 5.69. The molecule has 14 heteroatoms. The Bertz CT molecular complexity index is 1690. The van der Waals surface area contributed by atoms with Gasteiger partial charge in [0.05, 0.1) is 24.9 Å². The van der Waals surface area contributed by atoms with E-state index in [2.05, 4.69) is 36.9 Å². The fourth-order valence-corrected chi connectivity index (χ4v) is 5.19. The minimum Gasteiger partial charge on any atom is -0.494 e. The van der Waals surface area contributed by atoms with Crippen LogP contribution in [0.4, 0.5) is 20.8 Å². The van der Waals surface area contributed by atoms with Crippen LogP contribution in [0.15, 0.2) is 49.1 Å². The van der Waals surface area contributed by atoms with Gasteiger partial charge in [0.15, 0.2) is 0 Å². The van der Waals surface area contributed by atoms with Crippen molar-refractivity contribution in [3.63, 3.8) is 0 Å². The largest absolute Gasteiger partial charge is 0.494 e. The van der Waals surface area contributed by atoms with Gasteiger partial charge in [-0.05, 0) is 86.2 Å². The van der Waals surface area contributed by atoms with E-state index in [4.69, 9.17) is 14.2 Å². The second-order valence-electron chi connectivity index (χ2n) is 12.0. The first-order chi connectivity index (χ1) is 22.0. The number of hydrogen-bond acceptors (Lipinski definition) is 11. The molecule has 13 nitrogen and oxygen atoms in total. The van der Waals surface area contributed by atoms with Crippen LogP contribution in [0.5, 0.6) is 11.5 Å². The van der Waals surface area contributed by atoms with Crippen LogP contribution in [0.25, 0.3) is 11.1 Å². The Balaban J connectivity index is 1.28. The molecule has 1 atom stereocenters. The first-order valence-corrected chi connectivity index (χ1v) is 14.9. The second-order valence-corrected chi connectivity index (χ2v) is 12.0. The molecule has 1 aliphatic rings. The molecule has 2 aromatic heterocycles. The first kappa shape index (κ1) is 32.1. The molecule has 240 valence electrons. The van der Waals surface area contributed by atoms with Crippen molar-refractivity contribution in [2.75, 3.05) is 25.5 Å². The zero-order chi connectivity index (χ0) is 32.8. The van der Waals surface area contributed by atoms with Crippen molar-refractivity contribution in [3.8, 4) is 28.7 Å². The van der Waals surface area contributed by atoms with Crippen molar-refractivity contribution in [2.24, 2.45) is 0 Å². The molecule has 1 N–H and O–H groups in total. The molecule has 0 radical (unpaired) electrons.